The Balaban J connectivity index is 2.60. The molecule has 0 saturated heterocycles. The summed E-state index contributed by atoms with van der Waals surface area (Å²) in [6, 6.07) is 7.35. The molecule has 0 aliphatic heterocycles. The molecule has 3 N–H and O–H groups in total. The van der Waals surface area contributed by atoms with Crippen LogP contribution in [0.2, 0.25) is 0 Å². The second-order valence-electron chi connectivity index (χ2n) is 3.15. The van der Waals surface area contributed by atoms with E-state index in [1.165, 1.54) is 0 Å². The normalized spacial score (nSPS) is 12.4. The third kappa shape index (κ3) is 3.47. The molecule has 4 heteroatoms. The van der Waals surface area contributed by atoms with Crippen LogP contribution in [0.3, 0.4) is 0 Å². The average Bonchev–Trinajstić information content (AvgIpc) is 2.07. The highest BCUT2D eigenvalue weighted by Crippen LogP contribution is 2.17. The smallest absolute Gasteiger partial charge is 0.304 e. The third-order valence-corrected chi connectivity index (χ3v) is 2.65. The zero-order valence-electron chi connectivity index (χ0n) is 7.61. The molecule has 0 aromatic heterocycles. The number of halogens is 1. The molecule has 0 fully saturated rings. The van der Waals surface area contributed by atoms with E-state index in [1.807, 2.05) is 24.3 Å². The van der Waals surface area contributed by atoms with Crippen molar-refractivity contribution in [1.82, 2.24) is 0 Å². The molecule has 3 nitrogen and oxygen atoms in total. The number of benzene rings is 1. The molecule has 76 valence electrons. The summed E-state index contributed by atoms with van der Waals surface area (Å²) in [5.41, 5.74) is 6.72. The van der Waals surface area contributed by atoms with E-state index < -0.39 is 5.97 Å². The summed E-state index contributed by atoms with van der Waals surface area (Å²) >= 11 is 3.39. The van der Waals surface area contributed by atoms with Crippen molar-refractivity contribution in [3.05, 3.63) is 34.3 Å². The van der Waals surface area contributed by atoms with Gasteiger partial charge in [-0.1, -0.05) is 34.1 Å². The molecular formula is C10H12BrNO2. The van der Waals surface area contributed by atoms with Crippen LogP contribution in [0, 0.1) is 0 Å². The van der Waals surface area contributed by atoms with Crippen LogP contribution in [0.5, 0.6) is 0 Å². The maximum absolute atomic E-state index is 10.4. The SMILES string of the molecule is N[C@@H](CC(=O)O)Cc1ccccc1Br. The van der Waals surface area contributed by atoms with Crippen LogP contribution < -0.4 is 5.73 Å². The van der Waals surface area contributed by atoms with Crippen molar-refractivity contribution in [2.24, 2.45) is 5.73 Å². The minimum atomic E-state index is -0.857. The van der Waals surface area contributed by atoms with E-state index in [4.69, 9.17) is 10.8 Å². The predicted octanol–water partition coefficient (Wildman–Crippen LogP) is 1.79. The van der Waals surface area contributed by atoms with Gasteiger partial charge in [-0.15, -0.1) is 0 Å². The van der Waals surface area contributed by atoms with Gasteiger partial charge in [-0.25, -0.2) is 0 Å². The quantitative estimate of drug-likeness (QED) is 0.865. The molecule has 1 atom stereocenters. The molecule has 1 rings (SSSR count). The minimum Gasteiger partial charge on any atom is -0.481 e. The average molecular weight is 258 g/mol. The van der Waals surface area contributed by atoms with Crippen LogP contribution in [0.4, 0.5) is 0 Å². The molecule has 0 bridgehead atoms. The zero-order valence-corrected chi connectivity index (χ0v) is 9.20. The van der Waals surface area contributed by atoms with Crippen molar-refractivity contribution >= 4 is 21.9 Å². The van der Waals surface area contributed by atoms with Crippen LogP contribution in [0.1, 0.15) is 12.0 Å². The number of hydrogen-bond donors (Lipinski definition) is 2. The van der Waals surface area contributed by atoms with Crippen molar-refractivity contribution in [3.8, 4) is 0 Å². The molecule has 0 radical (unpaired) electrons. The molecule has 0 spiro atoms. The van der Waals surface area contributed by atoms with E-state index in [-0.39, 0.29) is 12.5 Å². The standard InChI is InChI=1S/C10H12BrNO2/c11-9-4-2-1-3-7(9)5-8(12)6-10(13)14/h1-4,8H,5-6,12H2,(H,13,14)/t8-/m1/s1. The fourth-order valence-corrected chi connectivity index (χ4v) is 1.69. The van der Waals surface area contributed by atoms with Crippen molar-refractivity contribution in [2.75, 3.05) is 0 Å². The minimum absolute atomic E-state index is 0.00132. The first-order valence-electron chi connectivity index (χ1n) is 4.30. The van der Waals surface area contributed by atoms with Gasteiger partial charge >= 0.3 is 5.97 Å². The van der Waals surface area contributed by atoms with Gasteiger partial charge in [0.05, 0.1) is 6.42 Å². The van der Waals surface area contributed by atoms with Crippen molar-refractivity contribution in [3.63, 3.8) is 0 Å². The van der Waals surface area contributed by atoms with E-state index in [0.717, 1.165) is 10.0 Å². The number of carbonyl (C=O) groups is 1. The predicted molar refractivity (Wildman–Crippen MR) is 58.1 cm³/mol. The molecule has 0 unspecified atom stereocenters. The second kappa shape index (κ2) is 5.12. The number of nitrogens with two attached hydrogens (primary N) is 1. The van der Waals surface area contributed by atoms with Gasteiger partial charge in [0.15, 0.2) is 0 Å². The fourth-order valence-electron chi connectivity index (χ4n) is 1.24. The second-order valence-corrected chi connectivity index (χ2v) is 4.01. The Morgan fingerprint density at radius 3 is 2.71 bits per heavy atom. The largest absolute Gasteiger partial charge is 0.481 e. The molecule has 14 heavy (non-hydrogen) atoms. The van der Waals surface area contributed by atoms with Gasteiger partial charge in [-0.05, 0) is 18.1 Å². The van der Waals surface area contributed by atoms with Crippen LogP contribution in [-0.4, -0.2) is 17.1 Å². The van der Waals surface area contributed by atoms with Gasteiger partial charge in [0.2, 0.25) is 0 Å². The van der Waals surface area contributed by atoms with Crippen molar-refractivity contribution in [2.45, 2.75) is 18.9 Å². The summed E-state index contributed by atoms with van der Waals surface area (Å²) in [7, 11) is 0. The molecule has 0 saturated carbocycles. The monoisotopic (exact) mass is 257 g/mol. The lowest BCUT2D eigenvalue weighted by molar-refractivity contribution is -0.137. The van der Waals surface area contributed by atoms with Crippen LogP contribution in [0.15, 0.2) is 28.7 Å². The Kier molecular flexibility index (Phi) is 4.10. The summed E-state index contributed by atoms with van der Waals surface area (Å²) in [4.78, 5) is 10.4. The molecule has 0 aliphatic rings. The Morgan fingerprint density at radius 1 is 1.50 bits per heavy atom. The number of carboxylic acids is 1. The van der Waals surface area contributed by atoms with Gasteiger partial charge in [-0.2, -0.15) is 0 Å². The molecule has 0 aliphatic carbocycles. The number of aliphatic carboxylic acids is 1. The molecule has 0 heterocycles. The lowest BCUT2D eigenvalue weighted by Gasteiger charge is -2.09. The summed E-state index contributed by atoms with van der Waals surface area (Å²) in [5.74, 6) is -0.857. The summed E-state index contributed by atoms with van der Waals surface area (Å²) < 4.78 is 0.973. The van der Waals surface area contributed by atoms with Crippen LogP contribution >= 0.6 is 15.9 Å². The first kappa shape index (κ1) is 11.2. The molecule has 0 amide bonds. The first-order chi connectivity index (χ1) is 6.59. The highest BCUT2D eigenvalue weighted by molar-refractivity contribution is 9.10. The fraction of sp³-hybridized carbons (Fsp3) is 0.300. The topological polar surface area (TPSA) is 63.3 Å². The van der Waals surface area contributed by atoms with E-state index >= 15 is 0 Å². The Morgan fingerprint density at radius 2 is 2.14 bits per heavy atom. The van der Waals surface area contributed by atoms with Gasteiger partial charge in [0, 0.05) is 10.5 Å². The van der Waals surface area contributed by atoms with Gasteiger partial charge < -0.3 is 10.8 Å². The van der Waals surface area contributed by atoms with E-state index in [2.05, 4.69) is 15.9 Å². The molecule has 1 aromatic carbocycles. The van der Waals surface area contributed by atoms with Crippen molar-refractivity contribution in [1.29, 1.82) is 0 Å². The first-order valence-corrected chi connectivity index (χ1v) is 5.09. The van der Waals surface area contributed by atoms with E-state index in [1.54, 1.807) is 0 Å². The lowest BCUT2D eigenvalue weighted by Crippen LogP contribution is -2.26. The number of carboxylic acid groups (broad SMARTS) is 1. The van der Waals surface area contributed by atoms with Gasteiger partial charge in [0.1, 0.15) is 0 Å². The third-order valence-electron chi connectivity index (χ3n) is 1.88. The van der Waals surface area contributed by atoms with Gasteiger partial charge in [0.25, 0.3) is 0 Å². The summed E-state index contributed by atoms with van der Waals surface area (Å²) in [5, 5.41) is 8.54. The summed E-state index contributed by atoms with van der Waals surface area (Å²) in [6.45, 7) is 0. The zero-order chi connectivity index (χ0) is 10.6. The number of hydrogen-bond acceptors (Lipinski definition) is 2. The van der Waals surface area contributed by atoms with Crippen LogP contribution in [-0.2, 0) is 11.2 Å². The Labute approximate surface area is 91.1 Å². The molecular weight excluding hydrogens is 246 g/mol. The van der Waals surface area contributed by atoms with Gasteiger partial charge in [-0.3, -0.25) is 4.79 Å². The van der Waals surface area contributed by atoms with Crippen LogP contribution in [0.25, 0.3) is 0 Å². The van der Waals surface area contributed by atoms with E-state index in [0.29, 0.717) is 6.42 Å². The molecule has 1 aromatic rings. The number of rotatable bonds is 4. The van der Waals surface area contributed by atoms with E-state index in [9.17, 15) is 4.79 Å². The highest BCUT2D eigenvalue weighted by atomic mass is 79.9. The lowest BCUT2D eigenvalue weighted by atomic mass is 10.0. The maximum Gasteiger partial charge on any atom is 0.304 e. The van der Waals surface area contributed by atoms with Crippen molar-refractivity contribution < 1.29 is 9.90 Å². The Bertz CT molecular complexity index is 328. The summed E-state index contributed by atoms with van der Waals surface area (Å²) in [6.07, 6.45) is 0.578. The highest BCUT2D eigenvalue weighted by Gasteiger charge is 2.10. The Hall–Kier alpha value is -0.870. The maximum atomic E-state index is 10.4.